The van der Waals surface area contributed by atoms with Gasteiger partial charge in [-0.05, 0) is 34.4 Å². The lowest BCUT2D eigenvalue weighted by Gasteiger charge is -2.13. The molecule has 0 spiro atoms. The zero-order chi connectivity index (χ0) is 24.5. The third kappa shape index (κ3) is 4.73. The van der Waals surface area contributed by atoms with E-state index in [2.05, 4.69) is 0 Å². The Labute approximate surface area is 191 Å². The van der Waals surface area contributed by atoms with E-state index in [0.717, 1.165) is 12.1 Å². The zero-order valence-electron chi connectivity index (χ0n) is 17.4. The van der Waals surface area contributed by atoms with Crippen molar-refractivity contribution in [2.75, 3.05) is 0 Å². The predicted molar refractivity (Wildman–Crippen MR) is 117 cm³/mol. The third-order valence-electron chi connectivity index (χ3n) is 5.38. The van der Waals surface area contributed by atoms with Crippen molar-refractivity contribution in [3.05, 3.63) is 119 Å². The lowest BCUT2D eigenvalue weighted by Crippen LogP contribution is -2.07. The topological polar surface area (TPSA) is 17.1 Å². The number of hydrogen-bond acceptors (Lipinski definition) is 1. The Balaban J connectivity index is 1.60. The van der Waals surface area contributed by atoms with E-state index < -0.39 is 29.3 Å². The van der Waals surface area contributed by atoms with Gasteiger partial charge in [0.25, 0.3) is 0 Å². The van der Waals surface area contributed by atoms with E-state index >= 15 is 0 Å². The molecule has 0 bridgehead atoms. The van der Waals surface area contributed by atoms with Gasteiger partial charge in [0.2, 0.25) is 0 Å². The summed E-state index contributed by atoms with van der Waals surface area (Å²) in [5.41, 5.74) is -0.434. The summed E-state index contributed by atoms with van der Waals surface area (Å²) in [7, 11) is 0. The van der Waals surface area contributed by atoms with Crippen molar-refractivity contribution in [3.63, 3.8) is 0 Å². The van der Waals surface area contributed by atoms with Gasteiger partial charge in [0.05, 0.1) is 11.1 Å². The van der Waals surface area contributed by atoms with Gasteiger partial charge in [-0.3, -0.25) is 4.79 Å². The van der Waals surface area contributed by atoms with Crippen molar-refractivity contribution in [1.82, 2.24) is 0 Å². The van der Waals surface area contributed by atoms with Gasteiger partial charge < -0.3 is 0 Å². The second kappa shape index (κ2) is 8.82. The highest BCUT2D eigenvalue weighted by atomic mass is 19.4. The van der Waals surface area contributed by atoms with Crippen LogP contribution in [0.2, 0.25) is 0 Å². The van der Waals surface area contributed by atoms with Gasteiger partial charge in [-0.15, -0.1) is 0 Å². The summed E-state index contributed by atoms with van der Waals surface area (Å²) >= 11 is 0. The van der Waals surface area contributed by atoms with E-state index in [-0.39, 0.29) is 22.3 Å². The van der Waals surface area contributed by atoms with Gasteiger partial charge in [-0.2, -0.15) is 26.3 Å². The molecule has 4 rings (SSSR count). The lowest BCUT2D eigenvalue weighted by atomic mass is 9.94. The van der Waals surface area contributed by atoms with Crippen molar-refractivity contribution in [1.29, 1.82) is 0 Å². The smallest absolute Gasteiger partial charge is 0.289 e. The summed E-state index contributed by atoms with van der Waals surface area (Å²) in [5.74, 6) is -0.397. The van der Waals surface area contributed by atoms with Gasteiger partial charge in [-0.1, -0.05) is 84.9 Å². The molecule has 0 amide bonds. The van der Waals surface area contributed by atoms with E-state index in [0.29, 0.717) is 11.1 Å². The summed E-state index contributed by atoms with van der Waals surface area (Å²) < 4.78 is 79.8. The minimum atomic E-state index is -4.52. The molecule has 0 saturated carbocycles. The number of carbonyl (C=O) groups excluding carboxylic acids is 1. The molecule has 0 atom stereocenters. The lowest BCUT2D eigenvalue weighted by molar-refractivity contribution is -0.137. The highest BCUT2D eigenvalue weighted by Crippen LogP contribution is 2.38. The average Bonchev–Trinajstić information content (AvgIpc) is 2.83. The Kier molecular flexibility index (Phi) is 6.04. The van der Waals surface area contributed by atoms with Crippen LogP contribution in [0.25, 0.3) is 22.3 Å². The van der Waals surface area contributed by atoms with E-state index in [1.807, 2.05) is 0 Å². The van der Waals surface area contributed by atoms with E-state index in [1.165, 1.54) is 84.9 Å². The molecule has 0 aliphatic carbocycles. The van der Waals surface area contributed by atoms with Gasteiger partial charge in [0.1, 0.15) is 0 Å². The second-order valence-corrected chi connectivity index (χ2v) is 7.57. The Morgan fingerprint density at radius 2 is 0.794 bits per heavy atom. The van der Waals surface area contributed by atoms with Crippen LogP contribution in [0.3, 0.4) is 0 Å². The molecule has 0 heterocycles. The van der Waals surface area contributed by atoms with Crippen molar-refractivity contribution < 1.29 is 31.1 Å². The first-order valence-electron chi connectivity index (χ1n) is 10.1. The van der Waals surface area contributed by atoms with E-state index in [4.69, 9.17) is 0 Å². The maximum atomic E-state index is 13.3. The summed E-state index contributed by atoms with van der Waals surface area (Å²) in [5, 5.41) is 0. The number of hydrogen-bond donors (Lipinski definition) is 0. The van der Waals surface area contributed by atoms with Crippen LogP contribution in [-0.4, -0.2) is 5.78 Å². The third-order valence-corrected chi connectivity index (χ3v) is 5.38. The van der Waals surface area contributed by atoms with Crippen LogP contribution in [0.15, 0.2) is 97.1 Å². The van der Waals surface area contributed by atoms with Crippen LogP contribution >= 0.6 is 0 Å². The van der Waals surface area contributed by atoms with Crippen LogP contribution < -0.4 is 0 Å². The highest BCUT2D eigenvalue weighted by molar-refractivity contribution is 6.09. The maximum absolute atomic E-state index is 13.3. The first-order valence-corrected chi connectivity index (χ1v) is 10.1. The molecule has 0 aliphatic heterocycles. The maximum Gasteiger partial charge on any atom is 0.417 e. The molecule has 0 saturated heterocycles. The molecular weight excluding hydrogens is 454 g/mol. The second-order valence-electron chi connectivity index (χ2n) is 7.57. The molecule has 0 fully saturated rings. The van der Waals surface area contributed by atoms with Gasteiger partial charge in [0, 0.05) is 11.1 Å². The van der Waals surface area contributed by atoms with Crippen molar-refractivity contribution >= 4 is 5.78 Å². The van der Waals surface area contributed by atoms with Crippen LogP contribution in [-0.2, 0) is 12.4 Å². The van der Waals surface area contributed by atoms with E-state index in [1.54, 1.807) is 0 Å². The van der Waals surface area contributed by atoms with Gasteiger partial charge >= 0.3 is 12.4 Å². The number of carbonyl (C=O) groups is 1. The van der Waals surface area contributed by atoms with Gasteiger partial charge in [-0.25, -0.2) is 0 Å². The first kappa shape index (κ1) is 23.3. The quantitative estimate of drug-likeness (QED) is 0.217. The molecule has 0 radical (unpaired) electrons. The molecule has 0 unspecified atom stereocenters. The van der Waals surface area contributed by atoms with E-state index in [9.17, 15) is 31.1 Å². The Hall–Kier alpha value is -3.87. The Morgan fingerprint density at radius 1 is 0.471 bits per heavy atom. The number of ketones is 1. The molecule has 0 N–H and O–H groups in total. The summed E-state index contributed by atoms with van der Waals surface area (Å²) in [6.07, 6.45) is -9.03. The fourth-order valence-corrected chi connectivity index (χ4v) is 3.73. The Morgan fingerprint density at radius 3 is 1.12 bits per heavy atom. The standard InChI is InChI=1S/C27H16F6O/c28-26(29,30)23-7-3-1-5-21(23)17-9-13-19(14-10-17)25(34)20-15-11-18(12-16-20)22-6-2-4-8-24(22)27(31,32)33/h1-16H. The molecule has 172 valence electrons. The SMILES string of the molecule is O=C(c1ccc(-c2ccccc2C(F)(F)F)cc1)c1ccc(-c2ccccc2C(F)(F)F)cc1. The van der Waals surface area contributed by atoms with Crippen LogP contribution in [0.4, 0.5) is 26.3 Å². The number of alkyl halides is 6. The van der Waals surface area contributed by atoms with Crippen molar-refractivity contribution in [3.8, 4) is 22.3 Å². The van der Waals surface area contributed by atoms with Crippen LogP contribution in [0.1, 0.15) is 27.0 Å². The molecular formula is C27H16F6O. The van der Waals surface area contributed by atoms with Crippen molar-refractivity contribution in [2.24, 2.45) is 0 Å². The summed E-state index contributed by atoms with van der Waals surface area (Å²) in [6, 6.07) is 21.8. The van der Waals surface area contributed by atoms with Crippen LogP contribution in [0.5, 0.6) is 0 Å². The average molecular weight is 470 g/mol. The molecule has 34 heavy (non-hydrogen) atoms. The minimum absolute atomic E-state index is 0.00156. The molecule has 4 aromatic rings. The zero-order valence-corrected chi connectivity index (χ0v) is 17.4. The fraction of sp³-hybridized carbons (Fsp3) is 0.0741. The van der Waals surface area contributed by atoms with Gasteiger partial charge in [0.15, 0.2) is 5.78 Å². The number of benzene rings is 4. The fourth-order valence-electron chi connectivity index (χ4n) is 3.73. The molecule has 0 aliphatic rings. The first-order chi connectivity index (χ1) is 16.1. The number of halogens is 6. The molecule has 0 aromatic heterocycles. The highest BCUT2D eigenvalue weighted by Gasteiger charge is 2.34. The predicted octanol–water partition coefficient (Wildman–Crippen LogP) is 8.29. The number of rotatable bonds is 4. The monoisotopic (exact) mass is 470 g/mol. The molecule has 4 aromatic carbocycles. The Bertz CT molecular complexity index is 1210. The largest absolute Gasteiger partial charge is 0.417 e. The summed E-state index contributed by atoms with van der Waals surface area (Å²) in [6.45, 7) is 0. The summed E-state index contributed by atoms with van der Waals surface area (Å²) in [4.78, 5) is 12.8. The van der Waals surface area contributed by atoms with Crippen LogP contribution in [0, 0.1) is 0 Å². The van der Waals surface area contributed by atoms with Crippen molar-refractivity contribution in [2.45, 2.75) is 12.4 Å². The normalized spacial score (nSPS) is 11.9. The molecule has 7 heteroatoms. The minimum Gasteiger partial charge on any atom is -0.289 e. The molecule has 1 nitrogen and oxygen atoms in total.